The highest BCUT2D eigenvalue weighted by Crippen LogP contribution is 2.22. The molecule has 5 nitrogen and oxygen atoms in total. The molecule has 1 heterocycles. The first-order chi connectivity index (χ1) is 6.72. The van der Waals surface area contributed by atoms with Gasteiger partial charge in [-0.1, -0.05) is 0 Å². The molecule has 5 heteroatoms. The summed E-state index contributed by atoms with van der Waals surface area (Å²) in [7, 11) is 0. The Kier molecular flexibility index (Phi) is 2.01. The maximum absolute atomic E-state index is 11.3. The maximum Gasteiger partial charge on any atom is 0.271 e. The molecule has 0 fully saturated rings. The fraction of sp³-hybridized carbons (Fsp3) is 0.222. The summed E-state index contributed by atoms with van der Waals surface area (Å²) in [5.41, 5.74) is 6.47. The second kappa shape index (κ2) is 3.19. The van der Waals surface area contributed by atoms with E-state index in [1.807, 2.05) is 0 Å². The van der Waals surface area contributed by atoms with Crippen LogP contribution in [-0.2, 0) is 6.42 Å². The smallest absolute Gasteiger partial charge is 0.271 e. The van der Waals surface area contributed by atoms with Gasteiger partial charge in [-0.3, -0.25) is 15.0 Å². The first kappa shape index (κ1) is 8.83. The fourth-order valence-corrected chi connectivity index (χ4v) is 1.49. The molecule has 0 aliphatic rings. The molecule has 0 spiro atoms. The van der Waals surface area contributed by atoms with E-state index in [0.717, 1.165) is 5.56 Å². The van der Waals surface area contributed by atoms with E-state index in [2.05, 4.69) is 10.2 Å². The van der Waals surface area contributed by atoms with Crippen molar-refractivity contribution in [2.45, 2.75) is 6.42 Å². The van der Waals surface area contributed by atoms with Crippen LogP contribution in [0.2, 0.25) is 0 Å². The molecular formula is C9H11N3O2. The molecule has 14 heavy (non-hydrogen) atoms. The van der Waals surface area contributed by atoms with E-state index in [1.165, 1.54) is 0 Å². The van der Waals surface area contributed by atoms with E-state index in [0.29, 0.717) is 23.9 Å². The van der Waals surface area contributed by atoms with E-state index in [1.54, 1.807) is 12.1 Å². The molecule has 0 saturated carbocycles. The standard InChI is InChI=1S/C9H11N3O2/c10-2-1-5-3-6-8(7(13)4-5)11-12-9(6)14/h3-4,13H,1-2,10H2,(H2,11,12,14). The number of aromatic nitrogens is 2. The molecule has 0 bridgehead atoms. The molecule has 2 aromatic rings. The molecule has 0 amide bonds. The van der Waals surface area contributed by atoms with E-state index >= 15 is 0 Å². The van der Waals surface area contributed by atoms with Crippen molar-refractivity contribution < 1.29 is 5.11 Å². The minimum atomic E-state index is -0.228. The second-order valence-electron chi connectivity index (χ2n) is 3.16. The Morgan fingerprint density at radius 2 is 2.14 bits per heavy atom. The van der Waals surface area contributed by atoms with Gasteiger partial charge >= 0.3 is 0 Å². The summed E-state index contributed by atoms with van der Waals surface area (Å²) < 4.78 is 0. The Balaban J connectivity index is 2.69. The minimum absolute atomic E-state index is 0.0734. The van der Waals surface area contributed by atoms with Gasteiger partial charge in [-0.05, 0) is 30.7 Å². The van der Waals surface area contributed by atoms with Gasteiger partial charge in [0.05, 0.1) is 5.39 Å². The van der Waals surface area contributed by atoms with Crippen LogP contribution in [0.5, 0.6) is 5.75 Å². The third-order valence-electron chi connectivity index (χ3n) is 2.16. The van der Waals surface area contributed by atoms with Gasteiger partial charge in [0.15, 0.2) is 0 Å². The van der Waals surface area contributed by atoms with E-state index in [-0.39, 0.29) is 11.3 Å². The number of aromatic amines is 2. The van der Waals surface area contributed by atoms with Crippen LogP contribution in [0.3, 0.4) is 0 Å². The quantitative estimate of drug-likeness (QED) is 0.543. The lowest BCUT2D eigenvalue weighted by atomic mass is 10.1. The van der Waals surface area contributed by atoms with Crippen LogP contribution in [0, 0.1) is 0 Å². The van der Waals surface area contributed by atoms with Gasteiger partial charge in [-0.15, -0.1) is 0 Å². The van der Waals surface area contributed by atoms with Gasteiger partial charge in [0.2, 0.25) is 0 Å². The Bertz CT molecular complexity index is 512. The SMILES string of the molecule is NCCc1cc(O)c2[nH][nH]c(=O)c2c1. The minimum Gasteiger partial charge on any atom is -0.506 e. The topological polar surface area (TPSA) is 94.9 Å². The van der Waals surface area contributed by atoms with Crippen LogP contribution < -0.4 is 11.3 Å². The van der Waals surface area contributed by atoms with E-state index in [9.17, 15) is 9.90 Å². The predicted octanol–water partition coefficient (Wildman–Crippen LogP) is 0.0630. The van der Waals surface area contributed by atoms with Crippen LogP contribution in [0.25, 0.3) is 10.9 Å². The predicted molar refractivity (Wildman–Crippen MR) is 53.3 cm³/mol. The van der Waals surface area contributed by atoms with Crippen molar-refractivity contribution in [1.82, 2.24) is 10.2 Å². The normalized spacial score (nSPS) is 10.9. The number of benzene rings is 1. The molecule has 0 saturated heterocycles. The summed E-state index contributed by atoms with van der Waals surface area (Å²) >= 11 is 0. The Hall–Kier alpha value is -1.75. The Morgan fingerprint density at radius 1 is 1.36 bits per heavy atom. The first-order valence-corrected chi connectivity index (χ1v) is 4.34. The van der Waals surface area contributed by atoms with Crippen molar-refractivity contribution in [3.8, 4) is 5.75 Å². The van der Waals surface area contributed by atoms with Crippen molar-refractivity contribution in [3.05, 3.63) is 28.0 Å². The van der Waals surface area contributed by atoms with Gasteiger partial charge in [-0.2, -0.15) is 0 Å². The monoisotopic (exact) mass is 193 g/mol. The third-order valence-corrected chi connectivity index (χ3v) is 2.16. The zero-order valence-corrected chi connectivity index (χ0v) is 7.50. The zero-order chi connectivity index (χ0) is 10.1. The van der Waals surface area contributed by atoms with Crippen molar-refractivity contribution >= 4 is 10.9 Å². The lowest BCUT2D eigenvalue weighted by Gasteiger charge is -2.00. The molecule has 1 aromatic heterocycles. The highest BCUT2D eigenvalue weighted by Gasteiger charge is 2.07. The van der Waals surface area contributed by atoms with Crippen molar-refractivity contribution in [2.75, 3.05) is 6.54 Å². The lowest BCUT2D eigenvalue weighted by Crippen LogP contribution is -2.03. The number of hydrogen-bond acceptors (Lipinski definition) is 3. The van der Waals surface area contributed by atoms with Gasteiger partial charge in [0.25, 0.3) is 5.56 Å². The summed E-state index contributed by atoms with van der Waals surface area (Å²) in [4.78, 5) is 11.3. The van der Waals surface area contributed by atoms with Crippen molar-refractivity contribution in [1.29, 1.82) is 0 Å². The lowest BCUT2D eigenvalue weighted by molar-refractivity contribution is 0.479. The molecule has 74 valence electrons. The number of phenolic OH excluding ortho intramolecular Hbond substituents is 1. The highest BCUT2D eigenvalue weighted by atomic mass is 16.3. The number of hydrogen-bond donors (Lipinski definition) is 4. The molecule has 2 rings (SSSR count). The maximum atomic E-state index is 11.3. The second-order valence-corrected chi connectivity index (χ2v) is 3.16. The van der Waals surface area contributed by atoms with Gasteiger partial charge in [-0.25, -0.2) is 0 Å². The number of H-pyrrole nitrogens is 2. The van der Waals surface area contributed by atoms with E-state index < -0.39 is 0 Å². The van der Waals surface area contributed by atoms with Crippen LogP contribution in [0.4, 0.5) is 0 Å². The van der Waals surface area contributed by atoms with Gasteiger partial charge < -0.3 is 10.8 Å². The van der Waals surface area contributed by atoms with Crippen molar-refractivity contribution in [3.63, 3.8) is 0 Å². The molecule has 0 atom stereocenters. The summed E-state index contributed by atoms with van der Waals surface area (Å²) in [5.74, 6) is 0.0734. The molecule has 5 N–H and O–H groups in total. The summed E-state index contributed by atoms with van der Waals surface area (Å²) in [5, 5.41) is 15.0. The summed E-state index contributed by atoms with van der Waals surface area (Å²) in [6.45, 7) is 0.493. The molecular weight excluding hydrogens is 182 g/mol. The molecule has 0 aliphatic carbocycles. The Labute approximate surface area is 79.5 Å². The summed E-state index contributed by atoms with van der Waals surface area (Å²) in [6.07, 6.45) is 0.647. The number of nitrogens with one attached hydrogen (secondary N) is 2. The summed E-state index contributed by atoms with van der Waals surface area (Å²) in [6, 6.07) is 3.34. The van der Waals surface area contributed by atoms with Crippen LogP contribution >= 0.6 is 0 Å². The van der Waals surface area contributed by atoms with Gasteiger partial charge in [0.1, 0.15) is 11.3 Å². The zero-order valence-electron chi connectivity index (χ0n) is 7.50. The highest BCUT2D eigenvalue weighted by molar-refractivity contribution is 5.84. The average molecular weight is 193 g/mol. The number of nitrogens with two attached hydrogens (primary N) is 1. The third kappa shape index (κ3) is 1.27. The first-order valence-electron chi connectivity index (χ1n) is 4.34. The number of fused-ring (bicyclic) bond motifs is 1. The Morgan fingerprint density at radius 3 is 2.86 bits per heavy atom. The van der Waals surface area contributed by atoms with Crippen LogP contribution in [0.1, 0.15) is 5.56 Å². The molecule has 0 aliphatic heterocycles. The molecule has 0 unspecified atom stereocenters. The van der Waals surface area contributed by atoms with Crippen molar-refractivity contribution in [2.24, 2.45) is 5.73 Å². The number of rotatable bonds is 2. The van der Waals surface area contributed by atoms with E-state index in [4.69, 9.17) is 5.73 Å². The molecule has 0 radical (unpaired) electrons. The van der Waals surface area contributed by atoms with Crippen LogP contribution in [-0.4, -0.2) is 21.8 Å². The largest absolute Gasteiger partial charge is 0.506 e. The number of aromatic hydroxyl groups is 1. The van der Waals surface area contributed by atoms with Crippen LogP contribution in [0.15, 0.2) is 16.9 Å². The number of phenols is 1. The average Bonchev–Trinajstić information content (AvgIpc) is 2.49. The fourth-order valence-electron chi connectivity index (χ4n) is 1.49. The van der Waals surface area contributed by atoms with Gasteiger partial charge in [0, 0.05) is 0 Å². The molecule has 1 aromatic carbocycles.